The van der Waals surface area contributed by atoms with Crippen LogP contribution in [0.5, 0.6) is 0 Å². The standard InChI is InChI=1S/C16H22N4O/c1-4-6-14-19-15(17-2)10-16(20-14)18-13-8-5-7-12(9-13)11-21-3/h5,7-10H,4,6,11H2,1-3H3,(H2,17,18,19,20). The topological polar surface area (TPSA) is 59.1 Å². The summed E-state index contributed by atoms with van der Waals surface area (Å²) in [4.78, 5) is 9.00. The number of anilines is 3. The molecule has 1 aromatic heterocycles. The predicted molar refractivity (Wildman–Crippen MR) is 86.0 cm³/mol. The Labute approximate surface area is 125 Å². The lowest BCUT2D eigenvalue weighted by atomic mass is 10.2. The van der Waals surface area contributed by atoms with Crippen LogP contribution in [0, 0.1) is 0 Å². The van der Waals surface area contributed by atoms with E-state index in [4.69, 9.17) is 4.74 Å². The first-order valence-corrected chi connectivity index (χ1v) is 7.15. The van der Waals surface area contributed by atoms with Crippen LogP contribution >= 0.6 is 0 Å². The van der Waals surface area contributed by atoms with Gasteiger partial charge in [0.15, 0.2) is 0 Å². The molecule has 21 heavy (non-hydrogen) atoms. The van der Waals surface area contributed by atoms with E-state index in [9.17, 15) is 0 Å². The Hall–Kier alpha value is -2.14. The van der Waals surface area contributed by atoms with Crippen molar-refractivity contribution < 1.29 is 4.74 Å². The average Bonchev–Trinajstić information content (AvgIpc) is 2.48. The molecule has 0 bridgehead atoms. The van der Waals surface area contributed by atoms with E-state index in [1.165, 1.54) is 0 Å². The SMILES string of the molecule is CCCc1nc(NC)cc(Nc2cccc(COC)c2)n1. The highest BCUT2D eigenvalue weighted by Crippen LogP contribution is 2.19. The zero-order chi connectivity index (χ0) is 15.1. The van der Waals surface area contributed by atoms with Gasteiger partial charge in [0.2, 0.25) is 0 Å². The molecule has 2 N–H and O–H groups in total. The first-order valence-electron chi connectivity index (χ1n) is 7.15. The third-order valence-corrected chi connectivity index (χ3v) is 3.01. The van der Waals surface area contributed by atoms with Gasteiger partial charge < -0.3 is 15.4 Å². The van der Waals surface area contributed by atoms with E-state index in [-0.39, 0.29) is 0 Å². The van der Waals surface area contributed by atoms with E-state index in [1.54, 1.807) is 7.11 Å². The molecule has 0 fully saturated rings. The monoisotopic (exact) mass is 286 g/mol. The number of aryl methyl sites for hydroxylation is 1. The number of hydrogen-bond acceptors (Lipinski definition) is 5. The Kier molecular flexibility index (Phi) is 5.51. The fraction of sp³-hybridized carbons (Fsp3) is 0.375. The molecule has 5 nitrogen and oxygen atoms in total. The summed E-state index contributed by atoms with van der Waals surface area (Å²) < 4.78 is 5.16. The Bertz CT molecular complexity index is 586. The van der Waals surface area contributed by atoms with E-state index in [0.717, 1.165) is 41.6 Å². The van der Waals surface area contributed by atoms with Crippen LogP contribution in [-0.4, -0.2) is 24.1 Å². The summed E-state index contributed by atoms with van der Waals surface area (Å²) in [6.07, 6.45) is 1.89. The number of nitrogens with zero attached hydrogens (tertiary/aromatic N) is 2. The Morgan fingerprint density at radius 1 is 1.14 bits per heavy atom. The molecule has 112 valence electrons. The quantitative estimate of drug-likeness (QED) is 0.817. The Morgan fingerprint density at radius 3 is 2.67 bits per heavy atom. The lowest BCUT2D eigenvalue weighted by molar-refractivity contribution is 0.185. The molecule has 0 aliphatic rings. The number of rotatable bonds is 7. The second-order valence-corrected chi connectivity index (χ2v) is 4.81. The molecule has 0 saturated carbocycles. The summed E-state index contributed by atoms with van der Waals surface area (Å²) in [7, 11) is 3.56. The van der Waals surface area contributed by atoms with E-state index in [2.05, 4.69) is 33.6 Å². The molecule has 0 atom stereocenters. The number of benzene rings is 1. The Morgan fingerprint density at radius 2 is 1.95 bits per heavy atom. The van der Waals surface area contributed by atoms with Gasteiger partial charge >= 0.3 is 0 Å². The highest BCUT2D eigenvalue weighted by atomic mass is 16.5. The van der Waals surface area contributed by atoms with Crippen LogP contribution in [0.2, 0.25) is 0 Å². The molecule has 2 rings (SSSR count). The molecule has 1 aromatic carbocycles. The molecule has 0 saturated heterocycles. The average molecular weight is 286 g/mol. The van der Waals surface area contributed by atoms with Crippen molar-refractivity contribution in [2.24, 2.45) is 0 Å². The molecule has 5 heteroatoms. The van der Waals surface area contributed by atoms with Crippen molar-refractivity contribution in [1.82, 2.24) is 9.97 Å². The lowest BCUT2D eigenvalue weighted by Gasteiger charge is -2.10. The van der Waals surface area contributed by atoms with E-state index >= 15 is 0 Å². The molecule has 0 unspecified atom stereocenters. The van der Waals surface area contributed by atoms with E-state index in [1.807, 2.05) is 31.3 Å². The van der Waals surface area contributed by atoms with Crippen molar-refractivity contribution in [2.45, 2.75) is 26.4 Å². The van der Waals surface area contributed by atoms with Crippen molar-refractivity contribution in [2.75, 3.05) is 24.8 Å². The number of methoxy groups -OCH3 is 1. The number of hydrogen-bond donors (Lipinski definition) is 2. The summed E-state index contributed by atoms with van der Waals surface area (Å²) in [6.45, 7) is 2.72. The van der Waals surface area contributed by atoms with Crippen molar-refractivity contribution in [3.8, 4) is 0 Å². The van der Waals surface area contributed by atoms with Crippen LogP contribution in [0.1, 0.15) is 24.7 Å². The van der Waals surface area contributed by atoms with Gasteiger partial charge in [0.25, 0.3) is 0 Å². The molecule has 0 aliphatic heterocycles. The normalized spacial score (nSPS) is 10.4. The molecule has 0 aliphatic carbocycles. The van der Waals surface area contributed by atoms with Gasteiger partial charge in [-0.3, -0.25) is 0 Å². The van der Waals surface area contributed by atoms with Gasteiger partial charge in [-0.2, -0.15) is 0 Å². The summed E-state index contributed by atoms with van der Waals surface area (Å²) in [6, 6.07) is 10.0. The fourth-order valence-electron chi connectivity index (χ4n) is 2.08. The van der Waals surface area contributed by atoms with E-state index in [0.29, 0.717) is 6.61 Å². The number of ether oxygens (including phenoxy) is 1. The zero-order valence-corrected chi connectivity index (χ0v) is 12.8. The molecule has 0 radical (unpaired) electrons. The fourth-order valence-corrected chi connectivity index (χ4v) is 2.08. The zero-order valence-electron chi connectivity index (χ0n) is 12.8. The smallest absolute Gasteiger partial charge is 0.136 e. The largest absolute Gasteiger partial charge is 0.380 e. The van der Waals surface area contributed by atoms with Crippen molar-refractivity contribution in [3.63, 3.8) is 0 Å². The second kappa shape index (κ2) is 7.59. The lowest BCUT2D eigenvalue weighted by Crippen LogP contribution is -2.04. The number of aromatic nitrogens is 2. The van der Waals surface area contributed by atoms with Crippen LogP contribution in [0.25, 0.3) is 0 Å². The highest BCUT2D eigenvalue weighted by Gasteiger charge is 2.04. The van der Waals surface area contributed by atoms with Crippen LogP contribution in [0.15, 0.2) is 30.3 Å². The van der Waals surface area contributed by atoms with Crippen LogP contribution in [0.4, 0.5) is 17.3 Å². The van der Waals surface area contributed by atoms with Gasteiger partial charge in [-0.25, -0.2) is 9.97 Å². The summed E-state index contributed by atoms with van der Waals surface area (Å²) in [5.74, 6) is 2.47. The maximum atomic E-state index is 5.16. The van der Waals surface area contributed by atoms with Crippen LogP contribution < -0.4 is 10.6 Å². The van der Waals surface area contributed by atoms with Crippen LogP contribution in [-0.2, 0) is 17.8 Å². The number of nitrogens with one attached hydrogen (secondary N) is 2. The summed E-state index contributed by atoms with van der Waals surface area (Å²) in [5.41, 5.74) is 2.12. The van der Waals surface area contributed by atoms with Crippen molar-refractivity contribution >= 4 is 17.3 Å². The second-order valence-electron chi connectivity index (χ2n) is 4.81. The first-order chi connectivity index (χ1) is 10.2. The maximum Gasteiger partial charge on any atom is 0.136 e. The first kappa shape index (κ1) is 15.3. The molecule has 1 heterocycles. The minimum atomic E-state index is 0.599. The van der Waals surface area contributed by atoms with Gasteiger partial charge in [0, 0.05) is 32.3 Å². The van der Waals surface area contributed by atoms with Gasteiger partial charge in [-0.15, -0.1) is 0 Å². The summed E-state index contributed by atoms with van der Waals surface area (Å²) >= 11 is 0. The van der Waals surface area contributed by atoms with Gasteiger partial charge in [-0.1, -0.05) is 19.1 Å². The predicted octanol–water partition coefficient (Wildman–Crippen LogP) is 3.36. The molecule has 0 amide bonds. The van der Waals surface area contributed by atoms with Crippen LogP contribution in [0.3, 0.4) is 0 Å². The highest BCUT2D eigenvalue weighted by molar-refractivity contribution is 5.59. The minimum absolute atomic E-state index is 0.599. The molecular weight excluding hydrogens is 264 g/mol. The minimum Gasteiger partial charge on any atom is -0.380 e. The van der Waals surface area contributed by atoms with Gasteiger partial charge in [0.1, 0.15) is 17.5 Å². The molecule has 2 aromatic rings. The molecule has 0 spiro atoms. The van der Waals surface area contributed by atoms with Crippen molar-refractivity contribution in [3.05, 3.63) is 41.7 Å². The Balaban J connectivity index is 2.21. The van der Waals surface area contributed by atoms with Crippen molar-refractivity contribution in [1.29, 1.82) is 0 Å². The summed E-state index contributed by atoms with van der Waals surface area (Å²) in [5, 5.41) is 6.40. The third-order valence-electron chi connectivity index (χ3n) is 3.01. The van der Waals surface area contributed by atoms with Gasteiger partial charge in [0.05, 0.1) is 6.61 Å². The third kappa shape index (κ3) is 4.43. The maximum absolute atomic E-state index is 5.16. The van der Waals surface area contributed by atoms with E-state index < -0.39 is 0 Å². The van der Waals surface area contributed by atoms with Gasteiger partial charge in [-0.05, 0) is 24.1 Å². The molecular formula is C16H22N4O.